The van der Waals surface area contributed by atoms with Gasteiger partial charge in [-0.15, -0.1) is 0 Å². The molecule has 0 spiro atoms. The van der Waals surface area contributed by atoms with Crippen molar-refractivity contribution in [2.75, 3.05) is 19.0 Å². The molecule has 5 aromatic rings. The van der Waals surface area contributed by atoms with Crippen LogP contribution < -0.4 is 25.3 Å². The maximum absolute atomic E-state index is 12.9. The van der Waals surface area contributed by atoms with E-state index in [1.54, 1.807) is 38.4 Å². The Morgan fingerprint density at radius 1 is 1.05 bits per heavy atom. The van der Waals surface area contributed by atoms with Crippen molar-refractivity contribution in [1.29, 1.82) is 0 Å². The highest BCUT2D eigenvalue weighted by molar-refractivity contribution is 6.12. The summed E-state index contributed by atoms with van der Waals surface area (Å²) in [4.78, 5) is 17.4. The molecule has 0 aliphatic heterocycles. The van der Waals surface area contributed by atoms with Gasteiger partial charge in [0.2, 0.25) is 0 Å². The van der Waals surface area contributed by atoms with E-state index in [4.69, 9.17) is 24.5 Å². The topological polar surface area (TPSA) is 122 Å². The van der Waals surface area contributed by atoms with E-state index in [0.29, 0.717) is 52.3 Å². The number of hydrogen-bond acceptors (Lipinski definition) is 8. The Kier molecular flexibility index (Phi) is 5.84. The molecule has 0 unspecified atom stereocenters. The van der Waals surface area contributed by atoms with E-state index in [-0.39, 0.29) is 11.4 Å². The van der Waals surface area contributed by atoms with Gasteiger partial charge in [0.05, 0.1) is 18.2 Å². The summed E-state index contributed by atoms with van der Waals surface area (Å²) in [5, 5.41) is 9.03. The molecular weight excluding hydrogens is 484 g/mol. The van der Waals surface area contributed by atoms with Crippen LogP contribution in [0.4, 0.5) is 5.82 Å². The molecule has 1 amide bonds. The van der Waals surface area contributed by atoms with Crippen LogP contribution >= 0.6 is 0 Å². The molecule has 2 heterocycles. The minimum absolute atomic E-state index is 0.246. The first-order chi connectivity index (χ1) is 18.4. The Labute approximate surface area is 218 Å². The number of carbonyl (C=O) groups is 1. The lowest BCUT2D eigenvalue weighted by molar-refractivity contribution is 0.102. The summed E-state index contributed by atoms with van der Waals surface area (Å²) in [6.07, 6.45) is 3.60. The molecule has 9 nitrogen and oxygen atoms in total. The molecule has 192 valence electrons. The number of rotatable bonds is 8. The Morgan fingerprint density at radius 3 is 2.68 bits per heavy atom. The molecule has 3 aromatic carbocycles. The first kappa shape index (κ1) is 23.7. The molecule has 0 saturated heterocycles. The number of nitrogens with two attached hydrogens (primary N) is 1. The SMILES string of the molecule is COc1cc2c(Oc3ccc4c(C(=O)Nc5cc(C)on5)cccc4c3)ccnc2cc1OCC1(N)CC1. The predicted octanol–water partition coefficient (Wildman–Crippen LogP) is 5.61. The molecule has 1 saturated carbocycles. The van der Waals surface area contributed by atoms with E-state index in [0.717, 1.165) is 29.0 Å². The van der Waals surface area contributed by atoms with Gasteiger partial charge in [0.1, 0.15) is 23.9 Å². The number of pyridine rings is 1. The van der Waals surface area contributed by atoms with Crippen molar-refractivity contribution in [3.05, 3.63) is 78.2 Å². The third kappa shape index (κ3) is 4.71. The van der Waals surface area contributed by atoms with Crippen LogP contribution in [-0.2, 0) is 0 Å². The molecule has 1 aliphatic rings. The third-order valence-corrected chi connectivity index (χ3v) is 6.59. The summed E-state index contributed by atoms with van der Waals surface area (Å²) >= 11 is 0. The number of ether oxygens (including phenoxy) is 3. The monoisotopic (exact) mass is 510 g/mol. The number of anilines is 1. The Balaban J connectivity index is 1.28. The van der Waals surface area contributed by atoms with Crippen molar-refractivity contribution in [3.63, 3.8) is 0 Å². The average Bonchev–Trinajstić information content (AvgIpc) is 3.53. The number of benzene rings is 3. The minimum Gasteiger partial charge on any atom is -0.493 e. The number of nitrogens with one attached hydrogen (secondary N) is 1. The van der Waals surface area contributed by atoms with Crippen LogP contribution in [0, 0.1) is 6.92 Å². The van der Waals surface area contributed by atoms with Crippen molar-refractivity contribution in [2.24, 2.45) is 5.73 Å². The number of carbonyl (C=O) groups excluding carboxylic acids is 1. The fourth-order valence-corrected chi connectivity index (χ4v) is 4.28. The molecule has 0 atom stereocenters. The van der Waals surface area contributed by atoms with E-state index < -0.39 is 0 Å². The van der Waals surface area contributed by atoms with Gasteiger partial charge >= 0.3 is 0 Å². The van der Waals surface area contributed by atoms with E-state index in [9.17, 15) is 4.79 Å². The minimum atomic E-state index is -0.273. The van der Waals surface area contributed by atoms with Crippen molar-refractivity contribution < 1.29 is 23.5 Å². The van der Waals surface area contributed by atoms with Gasteiger partial charge in [0.25, 0.3) is 5.91 Å². The van der Waals surface area contributed by atoms with Crippen molar-refractivity contribution in [1.82, 2.24) is 10.1 Å². The van der Waals surface area contributed by atoms with E-state index >= 15 is 0 Å². The largest absolute Gasteiger partial charge is 0.493 e. The highest BCUT2D eigenvalue weighted by Crippen LogP contribution is 2.39. The second-order valence-electron chi connectivity index (χ2n) is 9.55. The number of hydrogen-bond donors (Lipinski definition) is 2. The van der Waals surface area contributed by atoms with Gasteiger partial charge in [-0.2, -0.15) is 0 Å². The van der Waals surface area contributed by atoms with E-state index in [2.05, 4.69) is 15.5 Å². The van der Waals surface area contributed by atoms with E-state index in [1.807, 2.05) is 42.5 Å². The standard InChI is InChI=1S/C29H26N4O5/c1-17-12-27(33-38-17)32-28(34)21-5-3-4-18-13-19(6-7-20(18)21)37-24-8-11-31-23-15-26(25(35-2)14-22(23)24)36-16-29(30)9-10-29/h3-8,11-15H,9-10,16,30H2,1-2H3,(H,32,33,34). The zero-order valence-electron chi connectivity index (χ0n) is 21.0. The highest BCUT2D eigenvalue weighted by Gasteiger charge is 2.39. The van der Waals surface area contributed by atoms with Gasteiger partial charge in [-0.25, -0.2) is 0 Å². The number of aryl methyl sites for hydroxylation is 1. The third-order valence-electron chi connectivity index (χ3n) is 6.59. The zero-order valence-corrected chi connectivity index (χ0v) is 21.0. The number of amides is 1. The second-order valence-corrected chi connectivity index (χ2v) is 9.55. The summed E-state index contributed by atoms with van der Waals surface area (Å²) in [6, 6.07) is 18.3. The van der Waals surface area contributed by atoms with Gasteiger partial charge in [0.15, 0.2) is 17.3 Å². The van der Waals surface area contributed by atoms with Crippen LogP contribution in [0.25, 0.3) is 21.7 Å². The van der Waals surface area contributed by atoms with Gasteiger partial charge in [-0.05, 0) is 66.9 Å². The van der Waals surface area contributed by atoms with Crippen LogP contribution in [0.15, 0.2) is 71.4 Å². The number of nitrogens with zero attached hydrogens (tertiary/aromatic N) is 2. The summed E-state index contributed by atoms with van der Waals surface area (Å²) in [7, 11) is 1.60. The highest BCUT2D eigenvalue weighted by atomic mass is 16.5. The first-order valence-corrected chi connectivity index (χ1v) is 12.2. The Hall–Kier alpha value is -4.63. The van der Waals surface area contributed by atoms with Crippen molar-refractivity contribution in [3.8, 4) is 23.0 Å². The lowest BCUT2D eigenvalue weighted by atomic mass is 10.0. The second kappa shape index (κ2) is 9.35. The van der Waals surface area contributed by atoms with Crippen LogP contribution in [0.5, 0.6) is 23.0 Å². The molecule has 0 radical (unpaired) electrons. The molecule has 3 N–H and O–H groups in total. The van der Waals surface area contributed by atoms with Gasteiger partial charge in [0, 0.05) is 29.3 Å². The molecule has 38 heavy (non-hydrogen) atoms. The van der Waals surface area contributed by atoms with Gasteiger partial charge in [-0.3, -0.25) is 9.78 Å². The Morgan fingerprint density at radius 2 is 1.92 bits per heavy atom. The molecule has 1 aliphatic carbocycles. The van der Waals surface area contributed by atoms with Crippen LogP contribution in [-0.4, -0.2) is 35.3 Å². The molecular formula is C29H26N4O5. The Bertz CT molecular complexity index is 1680. The summed E-state index contributed by atoms with van der Waals surface area (Å²) in [5.41, 5.74) is 7.16. The normalized spacial score (nSPS) is 13.9. The van der Waals surface area contributed by atoms with Gasteiger partial charge in [-0.1, -0.05) is 17.3 Å². The number of fused-ring (bicyclic) bond motifs is 2. The number of methoxy groups -OCH3 is 1. The van der Waals surface area contributed by atoms with E-state index in [1.165, 1.54) is 0 Å². The average molecular weight is 511 g/mol. The fourth-order valence-electron chi connectivity index (χ4n) is 4.28. The van der Waals surface area contributed by atoms with Crippen LogP contribution in [0.3, 0.4) is 0 Å². The molecule has 2 aromatic heterocycles. The zero-order chi connectivity index (χ0) is 26.3. The maximum Gasteiger partial charge on any atom is 0.257 e. The first-order valence-electron chi connectivity index (χ1n) is 12.2. The van der Waals surface area contributed by atoms with Crippen LogP contribution in [0.2, 0.25) is 0 Å². The maximum atomic E-state index is 12.9. The smallest absolute Gasteiger partial charge is 0.257 e. The quantitative estimate of drug-likeness (QED) is 0.276. The molecule has 0 bridgehead atoms. The number of aromatic nitrogens is 2. The lowest BCUT2D eigenvalue weighted by Gasteiger charge is -2.16. The predicted molar refractivity (Wildman–Crippen MR) is 143 cm³/mol. The summed E-state index contributed by atoms with van der Waals surface area (Å²) in [5.74, 6) is 3.12. The van der Waals surface area contributed by atoms with Gasteiger partial charge < -0.3 is 29.8 Å². The molecule has 9 heteroatoms. The molecule has 1 fully saturated rings. The summed E-state index contributed by atoms with van der Waals surface area (Å²) < 4.78 is 22.9. The van der Waals surface area contributed by atoms with Crippen molar-refractivity contribution in [2.45, 2.75) is 25.3 Å². The van der Waals surface area contributed by atoms with Crippen molar-refractivity contribution >= 4 is 33.4 Å². The fraction of sp³-hybridized carbons (Fsp3) is 0.207. The molecule has 6 rings (SSSR count). The van der Waals surface area contributed by atoms with Crippen LogP contribution in [0.1, 0.15) is 29.0 Å². The lowest BCUT2D eigenvalue weighted by Crippen LogP contribution is -2.29. The summed E-state index contributed by atoms with van der Waals surface area (Å²) in [6.45, 7) is 2.20.